The zero-order valence-electron chi connectivity index (χ0n) is 17.5. The van der Waals surface area contributed by atoms with E-state index in [1.807, 2.05) is 6.07 Å². The highest BCUT2D eigenvalue weighted by atomic mass is 16.5. The van der Waals surface area contributed by atoms with Gasteiger partial charge in [0.1, 0.15) is 12.7 Å². The number of benzene rings is 3. The molecule has 0 aliphatic rings. The second-order valence-electron chi connectivity index (χ2n) is 6.92. The highest BCUT2D eigenvalue weighted by molar-refractivity contribution is 6.14. The average molecular weight is 440 g/mol. The molecule has 0 atom stereocenters. The van der Waals surface area contributed by atoms with Crippen molar-refractivity contribution in [3.05, 3.63) is 119 Å². The third-order valence-electron chi connectivity index (χ3n) is 4.69. The molecular formula is C26H20N2O5. The van der Waals surface area contributed by atoms with Crippen LogP contribution < -0.4 is 5.32 Å². The van der Waals surface area contributed by atoms with Crippen molar-refractivity contribution < 1.29 is 24.2 Å². The fourth-order valence-corrected chi connectivity index (χ4v) is 3.00. The Morgan fingerprint density at radius 2 is 1.42 bits per heavy atom. The molecule has 7 nitrogen and oxygen atoms in total. The Balaban J connectivity index is 1.69. The molecule has 7 heteroatoms. The van der Waals surface area contributed by atoms with Crippen molar-refractivity contribution in [3.63, 3.8) is 0 Å². The number of carbonyl (C=O) groups excluding carboxylic acids is 3. The minimum absolute atomic E-state index is 0.00573. The number of ketones is 1. The van der Waals surface area contributed by atoms with Gasteiger partial charge in [0.25, 0.3) is 5.91 Å². The number of hydrogen-bond donors (Lipinski definition) is 2. The minimum atomic E-state index is -0.872. The monoisotopic (exact) mass is 440 g/mol. The molecule has 0 aromatic heterocycles. The number of rotatable bonds is 8. The number of ether oxygens (including phenoxy) is 1. The summed E-state index contributed by atoms with van der Waals surface area (Å²) in [5, 5.41) is 22.0. The van der Waals surface area contributed by atoms with Crippen molar-refractivity contribution in [3.8, 4) is 6.07 Å². The lowest BCUT2D eigenvalue weighted by molar-refractivity contribution is -0.117. The van der Waals surface area contributed by atoms with E-state index in [9.17, 15) is 24.8 Å². The lowest BCUT2D eigenvalue weighted by Gasteiger charge is -2.10. The first-order chi connectivity index (χ1) is 16.0. The van der Waals surface area contributed by atoms with E-state index in [0.29, 0.717) is 5.56 Å². The molecule has 0 fully saturated rings. The maximum absolute atomic E-state index is 12.8. The maximum atomic E-state index is 12.8. The van der Waals surface area contributed by atoms with Crippen molar-refractivity contribution in [1.29, 1.82) is 5.26 Å². The van der Waals surface area contributed by atoms with Crippen LogP contribution in [0.5, 0.6) is 0 Å². The van der Waals surface area contributed by atoms with Crippen LogP contribution in [0, 0.1) is 11.3 Å². The summed E-state index contributed by atoms with van der Waals surface area (Å²) in [7, 11) is 0. The van der Waals surface area contributed by atoms with Gasteiger partial charge in [0.2, 0.25) is 0 Å². The topological polar surface area (TPSA) is 116 Å². The van der Waals surface area contributed by atoms with Crippen molar-refractivity contribution in [1.82, 2.24) is 5.32 Å². The molecule has 2 N–H and O–H groups in total. The van der Waals surface area contributed by atoms with Gasteiger partial charge in [0.05, 0.1) is 5.56 Å². The van der Waals surface area contributed by atoms with E-state index in [1.54, 1.807) is 72.8 Å². The van der Waals surface area contributed by atoms with Gasteiger partial charge in [-0.25, -0.2) is 4.79 Å². The smallest absolute Gasteiger partial charge is 0.339 e. The first-order valence-corrected chi connectivity index (χ1v) is 10.0. The molecule has 3 rings (SSSR count). The number of nitrogens with one attached hydrogen (secondary N) is 1. The third kappa shape index (κ3) is 5.93. The highest BCUT2D eigenvalue weighted by Crippen LogP contribution is 2.16. The lowest BCUT2D eigenvalue weighted by atomic mass is 9.98. The first-order valence-electron chi connectivity index (χ1n) is 10.0. The fourth-order valence-electron chi connectivity index (χ4n) is 3.00. The van der Waals surface area contributed by atoms with E-state index in [0.717, 1.165) is 5.56 Å². The second-order valence-corrected chi connectivity index (χ2v) is 6.92. The third-order valence-corrected chi connectivity index (χ3v) is 4.69. The number of nitrogens with zero attached hydrogens (tertiary/aromatic N) is 1. The maximum Gasteiger partial charge on any atom is 0.339 e. The van der Waals surface area contributed by atoms with Gasteiger partial charge >= 0.3 is 5.97 Å². The van der Waals surface area contributed by atoms with Crippen LogP contribution in [-0.4, -0.2) is 29.4 Å². The molecule has 3 aromatic carbocycles. The summed E-state index contributed by atoms with van der Waals surface area (Å²) < 4.78 is 5.08. The van der Waals surface area contributed by atoms with Crippen molar-refractivity contribution in [2.75, 3.05) is 6.61 Å². The van der Waals surface area contributed by atoms with Crippen LogP contribution in [0.3, 0.4) is 0 Å². The van der Waals surface area contributed by atoms with Crippen LogP contribution in [0.15, 0.2) is 96.3 Å². The van der Waals surface area contributed by atoms with Gasteiger partial charge in [-0.15, -0.1) is 0 Å². The number of esters is 1. The van der Waals surface area contributed by atoms with Gasteiger partial charge in [0.15, 0.2) is 17.1 Å². The Kier molecular flexibility index (Phi) is 7.71. The van der Waals surface area contributed by atoms with Gasteiger partial charge < -0.3 is 15.2 Å². The molecule has 0 spiro atoms. The number of aliphatic hydroxyl groups excluding tert-OH is 1. The fraction of sp³-hybridized carbons (Fsp3) is 0.0769. The summed E-state index contributed by atoms with van der Waals surface area (Å²) in [4.78, 5) is 37.7. The summed E-state index contributed by atoms with van der Waals surface area (Å²) in [6, 6.07) is 25.2. The normalized spacial score (nSPS) is 11.0. The van der Waals surface area contributed by atoms with Crippen LogP contribution in [0.4, 0.5) is 0 Å². The number of nitriles is 1. The Bertz CT molecular complexity index is 1230. The molecular weight excluding hydrogens is 420 g/mol. The minimum Gasteiger partial charge on any atom is -0.507 e. The highest BCUT2D eigenvalue weighted by Gasteiger charge is 2.21. The van der Waals surface area contributed by atoms with E-state index in [-0.39, 0.29) is 23.5 Å². The Hall–Kier alpha value is -4.70. The Labute approximate surface area is 190 Å². The summed E-state index contributed by atoms with van der Waals surface area (Å²) >= 11 is 0. The van der Waals surface area contributed by atoms with Crippen LogP contribution in [-0.2, 0) is 16.1 Å². The molecule has 0 unspecified atom stereocenters. The van der Waals surface area contributed by atoms with Crippen molar-refractivity contribution in [2.45, 2.75) is 6.54 Å². The Morgan fingerprint density at radius 3 is 2.06 bits per heavy atom. The molecule has 3 aromatic rings. The van der Waals surface area contributed by atoms with Gasteiger partial charge in [-0.2, -0.15) is 5.26 Å². The SMILES string of the molecule is N#CC(C(=O)NCc1ccccc1)=C(O)COC(=O)c1ccccc1C(=O)c1ccccc1. The molecule has 33 heavy (non-hydrogen) atoms. The quantitative estimate of drug-likeness (QED) is 0.181. The van der Waals surface area contributed by atoms with E-state index < -0.39 is 29.8 Å². The van der Waals surface area contributed by atoms with Crippen LogP contribution in [0.1, 0.15) is 31.8 Å². The van der Waals surface area contributed by atoms with Crippen LogP contribution >= 0.6 is 0 Å². The van der Waals surface area contributed by atoms with Crippen molar-refractivity contribution >= 4 is 17.7 Å². The zero-order chi connectivity index (χ0) is 23.6. The number of hydrogen-bond acceptors (Lipinski definition) is 6. The molecule has 0 radical (unpaired) electrons. The number of aliphatic hydroxyl groups is 1. The summed E-state index contributed by atoms with van der Waals surface area (Å²) in [5.74, 6) is -2.72. The van der Waals surface area contributed by atoms with Gasteiger partial charge in [0, 0.05) is 17.7 Å². The van der Waals surface area contributed by atoms with Crippen LogP contribution in [0.2, 0.25) is 0 Å². The van der Waals surface area contributed by atoms with Gasteiger partial charge in [-0.05, 0) is 11.6 Å². The molecule has 0 aliphatic carbocycles. The van der Waals surface area contributed by atoms with Crippen LogP contribution in [0.25, 0.3) is 0 Å². The second kappa shape index (κ2) is 11.1. The van der Waals surface area contributed by atoms with Crippen molar-refractivity contribution in [2.24, 2.45) is 0 Å². The van der Waals surface area contributed by atoms with Gasteiger partial charge in [-0.1, -0.05) is 78.9 Å². The Morgan fingerprint density at radius 1 is 0.848 bits per heavy atom. The predicted molar refractivity (Wildman–Crippen MR) is 120 cm³/mol. The largest absolute Gasteiger partial charge is 0.507 e. The standard InChI is InChI=1S/C26H20N2O5/c27-15-22(25(31)28-16-18-9-3-1-4-10-18)23(29)17-33-26(32)21-14-8-7-13-20(21)24(30)19-11-5-2-6-12-19/h1-14,29H,16-17H2,(H,28,31). The predicted octanol–water partition coefficient (Wildman–Crippen LogP) is 3.73. The van der Waals surface area contributed by atoms with E-state index in [4.69, 9.17) is 4.74 Å². The molecule has 0 bridgehead atoms. The molecule has 0 saturated heterocycles. The van der Waals surface area contributed by atoms with Gasteiger partial charge in [-0.3, -0.25) is 9.59 Å². The number of amides is 1. The molecule has 0 aliphatic heterocycles. The van der Waals surface area contributed by atoms with E-state index in [2.05, 4.69) is 5.32 Å². The molecule has 1 amide bonds. The summed E-state index contributed by atoms with van der Waals surface area (Å²) in [6.07, 6.45) is 0. The summed E-state index contributed by atoms with van der Waals surface area (Å²) in [5.41, 5.74) is 0.799. The lowest BCUT2D eigenvalue weighted by Crippen LogP contribution is -2.26. The number of carbonyl (C=O) groups is 3. The zero-order valence-corrected chi connectivity index (χ0v) is 17.5. The molecule has 164 valence electrons. The first kappa shape index (κ1) is 23.0. The summed E-state index contributed by atoms with van der Waals surface area (Å²) in [6.45, 7) is -0.540. The molecule has 0 heterocycles. The van der Waals surface area contributed by atoms with E-state index in [1.165, 1.54) is 12.1 Å². The average Bonchev–Trinajstić information content (AvgIpc) is 2.87. The molecule has 0 saturated carbocycles. The van der Waals surface area contributed by atoms with E-state index >= 15 is 0 Å².